The highest BCUT2D eigenvalue weighted by molar-refractivity contribution is 8.00. The molecule has 0 saturated heterocycles. The Kier molecular flexibility index (Phi) is 5.25. The molecule has 130 valence electrons. The van der Waals surface area contributed by atoms with Gasteiger partial charge in [0.25, 0.3) is 0 Å². The van der Waals surface area contributed by atoms with Crippen LogP contribution >= 0.6 is 11.8 Å². The fraction of sp³-hybridized carbons (Fsp3) is 0.105. The smallest absolute Gasteiger partial charge is 0.237 e. The third kappa shape index (κ3) is 4.05. The molecule has 0 bridgehead atoms. The van der Waals surface area contributed by atoms with E-state index in [0.717, 1.165) is 11.3 Å². The van der Waals surface area contributed by atoms with Crippen LogP contribution in [0.5, 0.6) is 0 Å². The number of carbonyl (C=O) groups is 1. The van der Waals surface area contributed by atoms with Crippen LogP contribution in [0.3, 0.4) is 0 Å². The number of aromatic nitrogens is 2. The first-order valence-corrected chi connectivity index (χ1v) is 8.82. The van der Waals surface area contributed by atoms with Gasteiger partial charge in [0.2, 0.25) is 5.91 Å². The molecule has 1 heterocycles. The average molecular weight is 363 g/mol. The average Bonchev–Trinajstić information content (AvgIpc) is 3.03. The van der Waals surface area contributed by atoms with Crippen LogP contribution in [0.4, 0.5) is 5.69 Å². The second kappa shape index (κ2) is 7.76. The van der Waals surface area contributed by atoms with Crippen molar-refractivity contribution in [1.82, 2.24) is 9.66 Å². The highest BCUT2D eigenvalue weighted by Gasteiger charge is 2.18. The lowest BCUT2D eigenvalue weighted by Crippen LogP contribution is -2.23. The molecule has 0 fully saturated rings. The molecule has 2 aromatic carbocycles. The monoisotopic (exact) mass is 363 g/mol. The van der Waals surface area contributed by atoms with Crippen LogP contribution in [-0.2, 0) is 4.79 Å². The maximum Gasteiger partial charge on any atom is 0.237 e. The summed E-state index contributed by atoms with van der Waals surface area (Å²) in [7, 11) is 0. The van der Waals surface area contributed by atoms with Gasteiger partial charge in [-0.15, -0.1) is 0 Å². The predicted molar refractivity (Wildman–Crippen MR) is 103 cm³/mol. The number of nitrogens with two attached hydrogens (primary N) is 1. The van der Waals surface area contributed by atoms with Crippen molar-refractivity contribution in [2.75, 3.05) is 11.2 Å². The highest BCUT2D eigenvalue weighted by atomic mass is 32.2. The van der Waals surface area contributed by atoms with Crippen molar-refractivity contribution < 1.29 is 4.79 Å². The number of thioether (sulfide) groups is 1. The number of anilines is 1. The van der Waals surface area contributed by atoms with Crippen LogP contribution in [0.15, 0.2) is 66.0 Å². The van der Waals surface area contributed by atoms with Crippen LogP contribution in [0.25, 0.3) is 11.3 Å². The van der Waals surface area contributed by atoms with E-state index in [2.05, 4.69) is 10.3 Å². The summed E-state index contributed by atoms with van der Waals surface area (Å²) in [5.74, 6) is 5.82. The molecule has 1 aromatic heterocycles. The van der Waals surface area contributed by atoms with E-state index in [1.165, 1.54) is 16.4 Å². The van der Waals surface area contributed by atoms with Gasteiger partial charge < -0.3 is 11.2 Å². The highest BCUT2D eigenvalue weighted by Crippen LogP contribution is 2.26. The molecule has 0 aliphatic heterocycles. The number of nitrogens with zero attached hydrogens (tertiary/aromatic N) is 3. The number of imidazole rings is 1. The molecule has 7 heteroatoms. The number of benzene rings is 2. The Labute approximate surface area is 155 Å². The van der Waals surface area contributed by atoms with E-state index in [9.17, 15) is 4.79 Å². The number of nitrogen functional groups attached to an aromatic ring is 1. The first-order valence-electron chi connectivity index (χ1n) is 7.94. The van der Waals surface area contributed by atoms with Gasteiger partial charge in [0.15, 0.2) is 5.16 Å². The first-order chi connectivity index (χ1) is 12.6. The Morgan fingerprint density at radius 3 is 2.58 bits per heavy atom. The van der Waals surface area contributed by atoms with Crippen molar-refractivity contribution in [3.63, 3.8) is 0 Å². The zero-order chi connectivity index (χ0) is 18.5. The van der Waals surface area contributed by atoms with E-state index in [-0.39, 0.29) is 11.2 Å². The van der Waals surface area contributed by atoms with Crippen molar-refractivity contribution in [2.24, 2.45) is 0 Å². The molecule has 1 amide bonds. The summed E-state index contributed by atoms with van der Waals surface area (Å²) in [6.45, 7) is 1.79. The Morgan fingerprint density at radius 2 is 1.92 bits per heavy atom. The van der Waals surface area contributed by atoms with E-state index < -0.39 is 0 Å². The number of nitrogens with one attached hydrogen (secondary N) is 1. The van der Waals surface area contributed by atoms with E-state index in [1.807, 2.05) is 36.4 Å². The lowest BCUT2D eigenvalue weighted by Gasteiger charge is -2.11. The van der Waals surface area contributed by atoms with Crippen molar-refractivity contribution >= 4 is 23.4 Å². The van der Waals surface area contributed by atoms with Crippen molar-refractivity contribution in [1.29, 1.82) is 5.26 Å². The number of nitriles is 1. The molecule has 0 spiro atoms. The summed E-state index contributed by atoms with van der Waals surface area (Å²) in [6, 6.07) is 18.5. The van der Waals surface area contributed by atoms with E-state index >= 15 is 0 Å². The lowest BCUT2D eigenvalue weighted by molar-refractivity contribution is -0.115. The maximum absolute atomic E-state index is 12.4. The topological polar surface area (TPSA) is 96.7 Å². The van der Waals surface area contributed by atoms with Gasteiger partial charge in [0.1, 0.15) is 0 Å². The first kappa shape index (κ1) is 17.6. The molecule has 0 aliphatic carbocycles. The largest absolute Gasteiger partial charge is 0.337 e. The second-order valence-electron chi connectivity index (χ2n) is 5.62. The standard InChI is InChI=1S/C19H17N5OS/c1-13(18(25)22-16-9-7-14(11-20)8-10-16)26-19-23-17(12-24(19)21)15-5-3-2-4-6-15/h2-10,12-13H,21H2,1H3,(H,22,25). The van der Waals surface area contributed by atoms with E-state index in [1.54, 1.807) is 37.4 Å². The summed E-state index contributed by atoms with van der Waals surface area (Å²) in [5.41, 5.74) is 2.91. The Morgan fingerprint density at radius 1 is 1.23 bits per heavy atom. The van der Waals surface area contributed by atoms with Crippen LogP contribution in [-0.4, -0.2) is 20.8 Å². The number of hydrogen-bond acceptors (Lipinski definition) is 5. The SMILES string of the molecule is CC(Sc1nc(-c2ccccc2)cn1N)C(=O)Nc1ccc(C#N)cc1. The molecule has 1 unspecified atom stereocenters. The minimum Gasteiger partial charge on any atom is -0.337 e. The molecule has 3 aromatic rings. The van der Waals surface area contributed by atoms with Gasteiger partial charge in [-0.25, -0.2) is 9.66 Å². The van der Waals surface area contributed by atoms with Gasteiger partial charge in [0, 0.05) is 11.3 Å². The zero-order valence-corrected chi connectivity index (χ0v) is 14.9. The molecule has 0 aliphatic rings. The quantitative estimate of drug-likeness (QED) is 0.536. The number of carbonyl (C=O) groups excluding carboxylic acids is 1. The van der Waals surface area contributed by atoms with Gasteiger partial charge in [-0.3, -0.25) is 4.79 Å². The summed E-state index contributed by atoms with van der Waals surface area (Å²) in [4.78, 5) is 16.9. The Hall–Kier alpha value is -3.24. The second-order valence-corrected chi connectivity index (χ2v) is 6.93. The summed E-state index contributed by atoms with van der Waals surface area (Å²) in [6.07, 6.45) is 1.74. The third-order valence-electron chi connectivity index (χ3n) is 3.70. The summed E-state index contributed by atoms with van der Waals surface area (Å²) >= 11 is 1.28. The van der Waals surface area contributed by atoms with Gasteiger partial charge in [-0.2, -0.15) is 5.26 Å². The number of rotatable bonds is 5. The van der Waals surface area contributed by atoms with Crippen LogP contribution in [0.2, 0.25) is 0 Å². The van der Waals surface area contributed by atoms with Crippen LogP contribution in [0, 0.1) is 11.3 Å². The van der Waals surface area contributed by atoms with E-state index in [0.29, 0.717) is 16.4 Å². The molecule has 0 radical (unpaired) electrons. The van der Waals surface area contributed by atoms with Gasteiger partial charge in [0.05, 0.1) is 28.8 Å². The van der Waals surface area contributed by atoms with Gasteiger partial charge in [-0.05, 0) is 31.2 Å². The van der Waals surface area contributed by atoms with Gasteiger partial charge in [-0.1, -0.05) is 42.1 Å². The predicted octanol–water partition coefficient (Wildman–Crippen LogP) is 3.25. The summed E-state index contributed by atoms with van der Waals surface area (Å²) < 4.78 is 1.43. The number of hydrogen-bond donors (Lipinski definition) is 2. The molecular formula is C19H17N5OS. The minimum absolute atomic E-state index is 0.163. The molecule has 0 saturated carbocycles. The zero-order valence-electron chi connectivity index (χ0n) is 14.1. The molecule has 3 N–H and O–H groups in total. The maximum atomic E-state index is 12.4. The molecule has 6 nitrogen and oxygen atoms in total. The van der Waals surface area contributed by atoms with E-state index in [4.69, 9.17) is 11.1 Å². The normalized spacial score (nSPS) is 11.5. The fourth-order valence-electron chi connectivity index (χ4n) is 2.30. The van der Waals surface area contributed by atoms with Crippen molar-refractivity contribution in [2.45, 2.75) is 17.3 Å². The molecular weight excluding hydrogens is 346 g/mol. The molecule has 3 rings (SSSR count). The van der Waals surface area contributed by atoms with Crippen molar-refractivity contribution in [3.05, 3.63) is 66.4 Å². The number of amides is 1. The van der Waals surface area contributed by atoms with Crippen LogP contribution in [0.1, 0.15) is 12.5 Å². The third-order valence-corrected chi connectivity index (χ3v) is 4.78. The van der Waals surface area contributed by atoms with Crippen molar-refractivity contribution in [3.8, 4) is 17.3 Å². The Balaban J connectivity index is 1.67. The Bertz CT molecular complexity index is 944. The van der Waals surface area contributed by atoms with Crippen LogP contribution < -0.4 is 11.2 Å². The summed E-state index contributed by atoms with van der Waals surface area (Å²) in [5, 5.41) is 11.8. The molecule has 1 atom stereocenters. The molecule has 26 heavy (non-hydrogen) atoms. The van der Waals surface area contributed by atoms with Gasteiger partial charge >= 0.3 is 0 Å². The minimum atomic E-state index is -0.390. The fourth-order valence-corrected chi connectivity index (χ4v) is 3.10. The lowest BCUT2D eigenvalue weighted by atomic mass is 10.2.